The molecule has 0 spiro atoms. The maximum Gasteiger partial charge on any atom is 0.269 e. The van der Waals surface area contributed by atoms with Gasteiger partial charge in [0.25, 0.3) is 5.69 Å². The maximum absolute atomic E-state index is 10.5. The lowest BCUT2D eigenvalue weighted by Crippen LogP contribution is -2.21. The highest BCUT2D eigenvalue weighted by Crippen LogP contribution is 2.12. The standard InChI is InChI=1S/C10H14N2O2.ClH/c1-8(2)11-7-9-4-3-5-10(6-9)12(13)14;/h3-6,8,11H,7H2,1-2H3;1H. The lowest BCUT2D eigenvalue weighted by atomic mass is 10.2. The fourth-order valence-corrected chi connectivity index (χ4v) is 1.10. The zero-order chi connectivity index (χ0) is 10.6. The molecule has 0 unspecified atom stereocenters. The number of nitro benzene ring substituents is 1. The molecule has 0 aliphatic heterocycles. The summed E-state index contributed by atoms with van der Waals surface area (Å²) in [5, 5.41) is 13.7. The average molecular weight is 231 g/mol. The van der Waals surface area contributed by atoms with Gasteiger partial charge in [0.15, 0.2) is 0 Å². The van der Waals surface area contributed by atoms with E-state index in [9.17, 15) is 10.1 Å². The molecule has 1 aromatic rings. The first-order valence-electron chi connectivity index (χ1n) is 4.56. The Kier molecular flexibility index (Phi) is 5.89. The molecule has 0 bridgehead atoms. The molecule has 0 saturated heterocycles. The molecule has 0 amide bonds. The average Bonchev–Trinajstić information content (AvgIpc) is 2.15. The fourth-order valence-electron chi connectivity index (χ4n) is 1.10. The third-order valence-electron chi connectivity index (χ3n) is 1.84. The van der Waals surface area contributed by atoms with Crippen LogP contribution in [0.2, 0.25) is 0 Å². The largest absolute Gasteiger partial charge is 0.310 e. The van der Waals surface area contributed by atoms with Gasteiger partial charge in [-0.25, -0.2) is 0 Å². The van der Waals surface area contributed by atoms with Gasteiger partial charge in [-0.3, -0.25) is 10.1 Å². The van der Waals surface area contributed by atoms with E-state index in [-0.39, 0.29) is 23.0 Å². The van der Waals surface area contributed by atoms with E-state index in [0.717, 1.165) is 5.56 Å². The van der Waals surface area contributed by atoms with Crippen LogP contribution in [-0.4, -0.2) is 11.0 Å². The predicted molar refractivity (Wildman–Crippen MR) is 62.3 cm³/mol. The van der Waals surface area contributed by atoms with Crippen LogP contribution in [0.5, 0.6) is 0 Å². The van der Waals surface area contributed by atoms with Crippen molar-refractivity contribution >= 4 is 18.1 Å². The van der Waals surface area contributed by atoms with Gasteiger partial charge in [-0.1, -0.05) is 26.0 Å². The quantitative estimate of drug-likeness (QED) is 0.639. The van der Waals surface area contributed by atoms with Crippen molar-refractivity contribution in [3.05, 3.63) is 39.9 Å². The van der Waals surface area contributed by atoms with Gasteiger partial charge in [0.05, 0.1) is 4.92 Å². The van der Waals surface area contributed by atoms with E-state index in [1.807, 2.05) is 19.9 Å². The van der Waals surface area contributed by atoms with Crippen molar-refractivity contribution < 1.29 is 4.92 Å². The van der Waals surface area contributed by atoms with Crippen LogP contribution < -0.4 is 5.32 Å². The molecule has 0 aliphatic rings. The third-order valence-corrected chi connectivity index (χ3v) is 1.84. The highest BCUT2D eigenvalue weighted by molar-refractivity contribution is 5.85. The van der Waals surface area contributed by atoms with Crippen LogP contribution in [0.4, 0.5) is 5.69 Å². The monoisotopic (exact) mass is 230 g/mol. The number of non-ortho nitro benzene ring substituents is 1. The molecule has 0 fully saturated rings. The number of rotatable bonds is 4. The van der Waals surface area contributed by atoms with Gasteiger partial charge in [0, 0.05) is 24.7 Å². The normalized spacial score (nSPS) is 9.80. The van der Waals surface area contributed by atoms with Crippen LogP contribution in [0.25, 0.3) is 0 Å². The molecule has 4 nitrogen and oxygen atoms in total. The molecule has 0 aromatic heterocycles. The predicted octanol–water partition coefficient (Wildman–Crippen LogP) is 2.51. The van der Waals surface area contributed by atoms with E-state index in [2.05, 4.69) is 5.32 Å². The Morgan fingerprint density at radius 2 is 2.13 bits per heavy atom. The first kappa shape index (κ1) is 13.9. The summed E-state index contributed by atoms with van der Waals surface area (Å²) in [7, 11) is 0. The number of hydrogen-bond acceptors (Lipinski definition) is 3. The van der Waals surface area contributed by atoms with Gasteiger partial charge in [0.2, 0.25) is 0 Å². The van der Waals surface area contributed by atoms with Crippen molar-refractivity contribution in [3.63, 3.8) is 0 Å². The van der Waals surface area contributed by atoms with Gasteiger partial charge in [-0.2, -0.15) is 0 Å². The van der Waals surface area contributed by atoms with E-state index in [4.69, 9.17) is 0 Å². The van der Waals surface area contributed by atoms with Crippen LogP contribution in [0, 0.1) is 10.1 Å². The zero-order valence-corrected chi connectivity index (χ0v) is 9.58. The first-order chi connectivity index (χ1) is 6.59. The fraction of sp³-hybridized carbons (Fsp3) is 0.400. The molecule has 0 saturated carbocycles. The van der Waals surface area contributed by atoms with Crippen molar-refractivity contribution in [3.8, 4) is 0 Å². The van der Waals surface area contributed by atoms with E-state index < -0.39 is 0 Å². The topological polar surface area (TPSA) is 55.2 Å². The highest BCUT2D eigenvalue weighted by Gasteiger charge is 2.05. The second-order valence-corrected chi connectivity index (χ2v) is 3.46. The van der Waals surface area contributed by atoms with Gasteiger partial charge >= 0.3 is 0 Å². The van der Waals surface area contributed by atoms with Gasteiger partial charge in [-0.15, -0.1) is 12.4 Å². The third kappa shape index (κ3) is 4.76. The summed E-state index contributed by atoms with van der Waals surface area (Å²) >= 11 is 0. The molecular formula is C10H15ClN2O2. The number of nitro groups is 1. The van der Waals surface area contributed by atoms with Crippen LogP contribution in [0.1, 0.15) is 19.4 Å². The van der Waals surface area contributed by atoms with Crippen LogP contribution in [0.15, 0.2) is 24.3 Å². The molecule has 1 aromatic carbocycles. The zero-order valence-electron chi connectivity index (χ0n) is 8.77. The lowest BCUT2D eigenvalue weighted by Gasteiger charge is -2.07. The molecule has 1 N–H and O–H groups in total. The summed E-state index contributed by atoms with van der Waals surface area (Å²) in [4.78, 5) is 10.1. The molecule has 5 heteroatoms. The Bertz CT molecular complexity index is 329. The van der Waals surface area contributed by atoms with Crippen molar-refractivity contribution in [2.24, 2.45) is 0 Å². The second-order valence-electron chi connectivity index (χ2n) is 3.46. The minimum atomic E-state index is -0.376. The van der Waals surface area contributed by atoms with Gasteiger partial charge in [0.1, 0.15) is 0 Å². The molecule has 0 radical (unpaired) electrons. The number of nitrogens with zero attached hydrogens (tertiary/aromatic N) is 1. The Morgan fingerprint density at radius 1 is 1.47 bits per heavy atom. The minimum Gasteiger partial charge on any atom is -0.310 e. The molecule has 0 heterocycles. The van der Waals surface area contributed by atoms with Crippen LogP contribution >= 0.6 is 12.4 Å². The van der Waals surface area contributed by atoms with Crippen molar-refractivity contribution in [1.29, 1.82) is 0 Å². The number of hydrogen-bond donors (Lipinski definition) is 1. The minimum absolute atomic E-state index is 0. The SMILES string of the molecule is CC(C)NCc1cccc([N+](=O)[O-])c1.Cl. The molecule has 1 rings (SSSR count). The molecule has 0 atom stereocenters. The van der Waals surface area contributed by atoms with E-state index in [1.165, 1.54) is 6.07 Å². The van der Waals surface area contributed by atoms with E-state index in [1.54, 1.807) is 12.1 Å². The lowest BCUT2D eigenvalue weighted by molar-refractivity contribution is -0.384. The van der Waals surface area contributed by atoms with Crippen molar-refractivity contribution in [2.45, 2.75) is 26.4 Å². The van der Waals surface area contributed by atoms with E-state index >= 15 is 0 Å². The summed E-state index contributed by atoms with van der Waals surface area (Å²) in [5.41, 5.74) is 1.08. The molecule has 84 valence electrons. The van der Waals surface area contributed by atoms with E-state index in [0.29, 0.717) is 12.6 Å². The number of halogens is 1. The van der Waals surface area contributed by atoms with Crippen LogP contribution in [0.3, 0.4) is 0 Å². The second kappa shape index (κ2) is 6.37. The highest BCUT2D eigenvalue weighted by atomic mass is 35.5. The summed E-state index contributed by atoms with van der Waals surface area (Å²) in [6.45, 7) is 4.74. The Labute approximate surface area is 95.2 Å². The molecule has 0 aliphatic carbocycles. The Morgan fingerprint density at radius 3 is 2.67 bits per heavy atom. The van der Waals surface area contributed by atoms with Crippen LogP contribution in [-0.2, 0) is 6.54 Å². The maximum atomic E-state index is 10.5. The summed E-state index contributed by atoms with van der Waals surface area (Å²) in [5.74, 6) is 0. The van der Waals surface area contributed by atoms with Crippen molar-refractivity contribution in [1.82, 2.24) is 5.32 Å². The summed E-state index contributed by atoms with van der Waals surface area (Å²) in [6.07, 6.45) is 0. The first-order valence-corrected chi connectivity index (χ1v) is 4.56. The Balaban J connectivity index is 0.00000196. The molecular weight excluding hydrogens is 216 g/mol. The Hall–Kier alpha value is -1.13. The smallest absolute Gasteiger partial charge is 0.269 e. The summed E-state index contributed by atoms with van der Waals surface area (Å²) < 4.78 is 0. The van der Waals surface area contributed by atoms with Crippen molar-refractivity contribution in [2.75, 3.05) is 0 Å². The molecule has 15 heavy (non-hydrogen) atoms. The number of nitrogens with one attached hydrogen (secondary N) is 1. The van der Waals surface area contributed by atoms with Gasteiger partial charge < -0.3 is 5.32 Å². The number of benzene rings is 1. The van der Waals surface area contributed by atoms with Gasteiger partial charge in [-0.05, 0) is 5.56 Å². The summed E-state index contributed by atoms with van der Waals surface area (Å²) in [6, 6.07) is 7.06.